The third-order valence-corrected chi connectivity index (χ3v) is 4.54. The molecule has 6 heteroatoms. The maximum Gasteiger partial charge on any atom is 0.191 e. The number of hydrogen-bond donors (Lipinski definition) is 2. The van der Waals surface area contributed by atoms with Crippen LogP contribution in [0, 0.1) is 12.8 Å². The summed E-state index contributed by atoms with van der Waals surface area (Å²) in [5, 5.41) is 6.78. The van der Waals surface area contributed by atoms with Crippen LogP contribution >= 0.6 is 24.0 Å². The van der Waals surface area contributed by atoms with E-state index in [4.69, 9.17) is 4.99 Å². The summed E-state index contributed by atoms with van der Waals surface area (Å²) < 4.78 is 2.29. The van der Waals surface area contributed by atoms with Crippen molar-refractivity contribution in [3.05, 3.63) is 30.1 Å². The molecule has 1 aliphatic carbocycles. The molecule has 0 aliphatic heterocycles. The molecule has 0 spiro atoms. The van der Waals surface area contributed by atoms with Gasteiger partial charge in [-0.3, -0.25) is 4.99 Å². The lowest BCUT2D eigenvalue weighted by molar-refractivity contribution is 0.642. The summed E-state index contributed by atoms with van der Waals surface area (Å²) >= 11 is 0. The highest BCUT2D eigenvalue weighted by molar-refractivity contribution is 14.0. The summed E-state index contributed by atoms with van der Waals surface area (Å²) in [6.07, 6.45) is 5.10. The molecule has 0 atom stereocenters. The molecular weight excluding hydrogens is 425 g/mol. The number of para-hydroxylation sites is 2. The number of benzene rings is 1. The summed E-state index contributed by atoms with van der Waals surface area (Å²) in [4.78, 5) is 9.32. The van der Waals surface area contributed by atoms with Crippen molar-refractivity contribution >= 4 is 41.0 Å². The number of imidazole rings is 1. The van der Waals surface area contributed by atoms with E-state index in [-0.39, 0.29) is 24.0 Å². The van der Waals surface area contributed by atoms with E-state index >= 15 is 0 Å². The van der Waals surface area contributed by atoms with Crippen LogP contribution in [0.4, 0.5) is 0 Å². The first-order chi connectivity index (χ1) is 11.8. The van der Waals surface area contributed by atoms with Crippen molar-refractivity contribution < 1.29 is 0 Å². The number of aryl methyl sites for hydroxylation is 2. The number of nitrogens with one attached hydrogen (secondary N) is 2. The zero-order chi connectivity index (χ0) is 16.8. The Bertz CT molecular complexity index is 690. The van der Waals surface area contributed by atoms with Crippen LogP contribution in [0.3, 0.4) is 0 Å². The first-order valence-electron chi connectivity index (χ1n) is 9.22. The largest absolute Gasteiger partial charge is 0.357 e. The predicted octanol–water partition coefficient (Wildman–Crippen LogP) is 3.71. The lowest BCUT2D eigenvalue weighted by atomic mass is 10.3. The van der Waals surface area contributed by atoms with Crippen molar-refractivity contribution in [2.45, 2.75) is 46.1 Å². The fourth-order valence-electron chi connectivity index (χ4n) is 3.04. The van der Waals surface area contributed by atoms with E-state index in [0.29, 0.717) is 0 Å². The first kappa shape index (κ1) is 20.0. The highest BCUT2D eigenvalue weighted by Gasteiger charge is 2.20. The molecule has 1 aromatic heterocycles. The molecule has 2 N–H and O–H groups in total. The molecule has 5 nitrogen and oxygen atoms in total. The van der Waals surface area contributed by atoms with Crippen LogP contribution in [-0.2, 0) is 6.54 Å². The van der Waals surface area contributed by atoms with Gasteiger partial charge in [0.25, 0.3) is 0 Å². The van der Waals surface area contributed by atoms with Crippen LogP contribution in [-0.4, -0.2) is 35.1 Å². The number of aliphatic imine (C=N–C) groups is 1. The molecule has 3 rings (SSSR count). The molecule has 1 fully saturated rings. The minimum absolute atomic E-state index is 0. The third-order valence-electron chi connectivity index (χ3n) is 4.54. The number of halogens is 1. The van der Waals surface area contributed by atoms with E-state index in [1.165, 1.54) is 24.8 Å². The van der Waals surface area contributed by atoms with Gasteiger partial charge in [-0.1, -0.05) is 25.0 Å². The minimum Gasteiger partial charge on any atom is -0.357 e. The number of fused-ring (bicyclic) bond motifs is 1. The smallest absolute Gasteiger partial charge is 0.191 e. The van der Waals surface area contributed by atoms with Gasteiger partial charge in [0.05, 0.1) is 11.0 Å². The monoisotopic (exact) mass is 455 g/mol. The third kappa shape index (κ3) is 5.87. The van der Waals surface area contributed by atoms with Crippen LogP contribution in [0.1, 0.15) is 38.4 Å². The van der Waals surface area contributed by atoms with E-state index in [1.807, 2.05) is 6.07 Å². The van der Waals surface area contributed by atoms with Crippen molar-refractivity contribution in [3.63, 3.8) is 0 Å². The predicted molar refractivity (Wildman–Crippen MR) is 116 cm³/mol. The van der Waals surface area contributed by atoms with Gasteiger partial charge in [-0.2, -0.15) is 0 Å². The number of guanidine groups is 1. The Kier molecular flexibility index (Phi) is 7.99. The standard InChI is InChI=1S/C19H29N5.HI/c1-3-20-19(22-13-11-16-9-10-16)21-12-6-14-24-15(2)23-17-7-4-5-8-18(17)24;/h4-5,7-8,16H,3,6,9-14H2,1-2H3,(H2,20,21,22);1H. The molecule has 1 saturated carbocycles. The van der Waals surface area contributed by atoms with Gasteiger partial charge in [0.1, 0.15) is 5.82 Å². The Morgan fingerprint density at radius 3 is 2.84 bits per heavy atom. The van der Waals surface area contributed by atoms with E-state index in [1.54, 1.807) is 0 Å². The molecule has 0 unspecified atom stereocenters. The highest BCUT2D eigenvalue weighted by atomic mass is 127. The van der Waals surface area contributed by atoms with Crippen LogP contribution in [0.25, 0.3) is 11.0 Å². The number of aromatic nitrogens is 2. The summed E-state index contributed by atoms with van der Waals surface area (Å²) in [6, 6.07) is 8.33. The Balaban J connectivity index is 0.00000225. The molecule has 1 aromatic carbocycles. The van der Waals surface area contributed by atoms with Gasteiger partial charge in [0, 0.05) is 26.2 Å². The molecule has 0 bridgehead atoms. The Labute approximate surface area is 167 Å². The fraction of sp³-hybridized carbons (Fsp3) is 0.579. The van der Waals surface area contributed by atoms with Gasteiger partial charge in [-0.05, 0) is 44.7 Å². The van der Waals surface area contributed by atoms with Gasteiger partial charge in [0.15, 0.2) is 5.96 Å². The van der Waals surface area contributed by atoms with E-state index < -0.39 is 0 Å². The second kappa shape index (κ2) is 9.99. The zero-order valence-corrected chi connectivity index (χ0v) is 17.6. The van der Waals surface area contributed by atoms with E-state index in [9.17, 15) is 0 Å². The summed E-state index contributed by atoms with van der Waals surface area (Å²) in [6.45, 7) is 7.90. The summed E-state index contributed by atoms with van der Waals surface area (Å²) in [5.74, 6) is 2.98. The molecule has 0 amide bonds. The van der Waals surface area contributed by atoms with Crippen molar-refractivity contribution in [3.8, 4) is 0 Å². The second-order valence-electron chi connectivity index (χ2n) is 6.57. The van der Waals surface area contributed by atoms with Gasteiger partial charge in [0.2, 0.25) is 0 Å². The van der Waals surface area contributed by atoms with Crippen LogP contribution < -0.4 is 10.6 Å². The zero-order valence-electron chi connectivity index (χ0n) is 15.3. The lowest BCUT2D eigenvalue weighted by Crippen LogP contribution is -2.38. The van der Waals surface area contributed by atoms with Crippen LogP contribution in [0.15, 0.2) is 29.3 Å². The highest BCUT2D eigenvalue weighted by Crippen LogP contribution is 2.31. The Morgan fingerprint density at radius 2 is 2.08 bits per heavy atom. The van der Waals surface area contributed by atoms with Gasteiger partial charge < -0.3 is 15.2 Å². The fourth-order valence-corrected chi connectivity index (χ4v) is 3.04. The molecule has 0 radical (unpaired) electrons. The van der Waals surface area contributed by atoms with Crippen molar-refractivity contribution in [1.29, 1.82) is 0 Å². The first-order valence-corrected chi connectivity index (χ1v) is 9.22. The number of rotatable bonds is 8. The molecule has 2 aromatic rings. The van der Waals surface area contributed by atoms with Crippen molar-refractivity contribution in [2.24, 2.45) is 10.9 Å². The summed E-state index contributed by atoms with van der Waals surface area (Å²) in [7, 11) is 0. The van der Waals surface area contributed by atoms with Gasteiger partial charge >= 0.3 is 0 Å². The molecule has 1 aliphatic rings. The van der Waals surface area contributed by atoms with Gasteiger partial charge in [-0.25, -0.2) is 4.98 Å². The summed E-state index contributed by atoms with van der Waals surface area (Å²) in [5.41, 5.74) is 2.29. The lowest BCUT2D eigenvalue weighted by Gasteiger charge is -2.11. The maximum atomic E-state index is 4.70. The normalized spacial score (nSPS) is 14.4. The Hall–Kier alpha value is -1.31. The molecule has 1 heterocycles. The molecular formula is C19H30IN5. The molecule has 138 valence electrons. The maximum absolute atomic E-state index is 4.70. The minimum atomic E-state index is 0. The number of nitrogens with zero attached hydrogens (tertiary/aromatic N) is 3. The van der Waals surface area contributed by atoms with Crippen molar-refractivity contribution in [2.75, 3.05) is 19.6 Å². The van der Waals surface area contributed by atoms with Crippen molar-refractivity contribution in [1.82, 2.24) is 20.2 Å². The Morgan fingerprint density at radius 1 is 1.28 bits per heavy atom. The number of hydrogen-bond acceptors (Lipinski definition) is 2. The van der Waals surface area contributed by atoms with E-state index in [0.717, 1.165) is 55.8 Å². The SMILES string of the molecule is CCNC(=NCCCn1c(C)nc2ccccc21)NCCC1CC1.I. The van der Waals surface area contributed by atoms with Crippen LogP contribution in [0.2, 0.25) is 0 Å². The molecule has 25 heavy (non-hydrogen) atoms. The topological polar surface area (TPSA) is 54.2 Å². The molecule has 0 saturated heterocycles. The van der Waals surface area contributed by atoms with Gasteiger partial charge in [-0.15, -0.1) is 24.0 Å². The van der Waals surface area contributed by atoms with Crippen LogP contribution in [0.5, 0.6) is 0 Å². The average molecular weight is 455 g/mol. The van der Waals surface area contributed by atoms with E-state index in [2.05, 4.69) is 52.2 Å². The quantitative estimate of drug-likeness (QED) is 0.276. The second-order valence-corrected chi connectivity index (χ2v) is 6.57. The average Bonchev–Trinajstić information content (AvgIpc) is 3.34.